The number of hydrogen-bond acceptors (Lipinski definition) is 11. The number of carboxylic acid groups (broad SMARTS) is 1. The number of aromatic hydroxyl groups is 1. The number of hydroxylamine groups is 2. The topological polar surface area (TPSA) is 188 Å². The molecule has 5 atom stereocenters. The number of carbonyl (C=O) groups excluding carboxylic acids is 4. The lowest BCUT2D eigenvalue weighted by Crippen LogP contribution is -2.56. The third-order valence-corrected chi connectivity index (χ3v) is 11.6. The molecule has 0 unspecified atom stereocenters. The molecule has 1 aliphatic rings. The van der Waals surface area contributed by atoms with Gasteiger partial charge in [-0.2, -0.15) is 5.06 Å². The molecule has 1 aromatic carbocycles. The van der Waals surface area contributed by atoms with E-state index in [0.717, 1.165) is 54.7 Å². The molecule has 14 nitrogen and oxygen atoms in total. The number of piperidine rings is 1. The number of aromatic nitrogens is 1. The van der Waals surface area contributed by atoms with E-state index >= 15 is 0 Å². The Morgan fingerprint density at radius 1 is 1.05 bits per heavy atom. The van der Waals surface area contributed by atoms with Crippen LogP contribution in [-0.2, 0) is 35.2 Å². The molecule has 0 spiro atoms. The van der Waals surface area contributed by atoms with Crippen molar-refractivity contribution in [1.29, 1.82) is 0 Å². The monoisotopic (exact) mass is 827 g/mol. The third kappa shape index (κ3) is 14.2. The lowest BCUT2D eigenvalue weighted by molar-refractivity contribution is -0.181. The molecule has 4 N–H and O–H groups in total. The van der Waals surface area contributed by atoms with E-state index in [1.54, 1.807) is 31.4 Å². The molecule has 1 aromatic heterocycles. The number of hydrogen-bond donors (Lipinski definition) is 4. The van der Waals surface area contributed by atoms with Crippen molar-refractivity contribution in [2.75, 3.05) is 20.2 Å². The summed E-state index contributed by atoms with van der Waals surface area (Å²) in [7, 11) is 1.92. The fourth-order valence-corrected chi connectivity index (χ4v) is 7.71. The number of benzene rings is 1. The molecule has 1 aliphatic heterocycles. The van der Waals surface area contributed by atoms with Crippen LogP contribution in [0.25, 0.3) is 0 Å². The van der Waals surface area contributed by atoms with E-state index in [9.17, 15) is 34.2 Å². The molecule has 2 aromatic rings. The number of unbranched alkanes of at least 4 members (excludes halogenated alkanes) is 2. The maximum Gasteiger partial charge on any atom is 0.309 e. The van der Waals surface area contributed by atoms with Gasteiger partial charge in [0.05, 0.1) is 23.8 Å². The summed E-state index contributed by atoms with van der Waals surface area (Å²) >= 11 is 1.12. The predicted molar refractivity (Wildman–Crippen MR) is 223 cm³/mol. The molecule has 0 radical (unpaired) electrons. The van der Waals surface area contributed by atoms with Crippen molar-refractivity contribution < 1.29 is 43.8 Å². The molecule has 322 valence electrons. The van der Waals surface area contributed by atoms with Gasteiger partial charge in [0, 0.05) is 24.8 Å². The van der Waals surface area contributed by atoms with Crippen LogP contribution < -0.4 is 10.6 Å². The van der Waals surface area contributed by atoms with Gasteiger partial charge in [0.15, 0.2) is 6.10 Å². The number of phenolic OH excluding ortho intramolecular Hbond substituents is 1. The number of phenols is 1. The van der Waals surface area contributed by atoms with Crippen LogP contribution in [0.15, 0.2) is 40.9 Å². The zero-order valence-electron chi connectivity index (χ0n) is 35.8. The first-order valence-corrected chi connectivity index (χ1v) is 21.3. The van der Waals surface area contributed by atoms with E-state index in [4.69, 9.17) is 9.57 Å². The van der Waals surface area contributed by atoms with Gasteiger partial charge in [-0.05, 0) is 97.0 Å². The van der Waals surface area contributed by atoms with Crippen LogP contribution in [0.3, 0.4) is 0 Å². The highest BCUT2D eigenvalue weighted by molar-refractivity contribution is 7.09. The smallest absolute Gasteiger partial charge is 0.309 e. The van der Waals surface area contributed by atoms with Crippen molar-refractivity contribution in [3.05, 3.63) is 57.2 Å². The molecular formula is C43H65N5O9S. The van der Waals surface area contributed by atoms with Crippen molar-refractivity contribution in [2.24, 2.45) is 11.3 Å². The standard InChI is InChI=1S/C43H65N5O9S/c1-10-12-15-22-56-48(41(53)37(28(5)11-2)46-39(52)34-16-13-14-21-47(34)9)35(27(3)4)24-36(57-29(6)49)40-45-33(26-58-40)38(51)44-31(25-43(7,8)42(54)55)23-30-17-19-32(50)20-18-30/h17-20,26,28,31,34,36-37,50H,10-16,21-25H2,1-9H3,(H,44,51)(H,46,52)(H,54,55)/t28-,31-,34+,36+,37-/m0/s1. The van der Waals surface area contributed by atoms with Crippen molar-refractivity contribution in [3.8, 4) is 5.75 Å². The molecule has 58 heavy (non-hydrogen) atoms. The summed E-state index contributed by atoms with van der Waals surface area (Å²) in [6.45, 7) is 15.1. The number of thiazole rings is 1. The normalized spacial score (nSPS) is 16.7. The zero-order valence-corrected chi connectivity index (χ0v) is 36.6. The Bertz CT molecular complexity index is 1720. The first kappa shape index (κ1) is 48.0. The highest BCUT2D eigenvalue weighted by Crippen LogP contribution is 2.33. The van der Waals surface area contributed by atoms with E-state index in [2.05, 4.69) is 22.5 Å². The molecule has 3 amide bonds. The first-order valence-electron chi connectivity index (χ1n) is 20.5. The average Bonchev–Trinajstić information content (AvgIpc) is 3.67. The summed E-state index contributed by atoms with van der Waals surface area (Å²) < 4.78 is 5.82. The van der Waals surface area contributed by atoms with Gasteiger partial charge < -0.3 is 25.6 Å². The molecule has 1 saturated heterocycles. The number of likely N-dealkylation sites (N-methyl/N-ethyl adjacent to an activating group) is 1. The Balaban J connectivity index is 1.95. The van der Waals surface area contributed by atoms with Gasteiger partial charge in [-0.15, -0.1) is 11.3 Å². The fraction of sp³-hybridized carbons (Fsp3) is 0.628. The fourth-order valence-electron chi connectivity index (χ4n) is 6.89. The predicted octanol–water partition coefficient (Wildman–Crippen LogP) is 6.94. The SMILES string of the molecule is CCCCCON(C(=O)[C@@H](NC(=O)[C@H]1CCCCN1C)[C@@H](C)CC)C(C[C@@H](OC(C)=O)c1nc(C(=O)N[C@@H](Cc2ccc(O)cc2)CC(C)(C)C(=O)O)cs1)=C(C)C. The number of nitrogens with one attached hydrogen (secondary N) is 2. The highest BCUT2D eigenvalue weighted by atomic mass is 32.1. The highest BCUT2D eigenvalue weighted by Gasteiger charge is 2.38. The molecule has 1 fully saturated rings. The second kappa shape index (κ2) is 22.7. The minimum absolute atomic E-state index is 0.0151. The molecule has 2 heterocycles. The second-order valence-corrected chi connectivity index (χ2v) is 17.2. The zero-order chi connectivity index (χ0) is 43.2. The Hall–Kier alpha value is -4.34. The molecule has 3 rings (SSSR count). The molecule has 15 heteroatoms. The van der Waals surface area contributed by atoms with Gasteiger partial charge in [0.2, 0.25) is 5.91 Å². The van der Waals surface area contributed by atoms with Gasteiger partial charge in [-0.1, -0.05) is 64.2 Å². The van der Waals surface area contributed by atoms with Crippen molar-refractivity contribution in [2.45, 2.75) is 144 Å². The Morgan fingerprint density at radius 3 is 2.33 bits per heavy atom. The molecule has 0 aliphatic carbocycles. The number of rotatable bonds is 22. The van der Waals surface area contributed by atoms with Crippen LogP contribution >= 0.6 is 11.3 Å². The quantitative estimate of drug-likeness (QED) is 0.0547. The molecule has 0 bridgehead atoms. The van der Waals surface area contributed by atoms with Gasteiger partial charge in [-0.25, -0.2) is 4.98 Å². The van der Waals surface area contributed by atoms with E-state index in [-0.39, 0.29) is 48.8 Å². The minimum Gasteiger partial charge on any atom is -0.508 e. The van der Waals surface area contributed by atoms with Crippen LogP contribution in [0, 0.1) is 11.3 Å². The number of ether oxygens (including phenoxy) is 1. The maximum atomic E-state index is 14.7. The number of allylic oxidation sites excluding steroid dienone is 1. The third-order valence-electron chi connectivity index (χ3n) is 10.6. The summed E-state index contributed by atoms with van der Waals surface area (Å²) in [6, 6.07) is 4.65. The maximum absolute atomic E-state index is 14.7. The average molecular weight is 828 g/mol. The number of carboxylic acids is 1. The lowest BCUT2D eigenvalue weighted by atomic mass is 9.84. The Labute approximate surface area is 347 Å². The van der Waals surface area contributed by atoms with Gasteiger partial charge in [-0.3, -0.25) is 33.7 Å². The summed E-state index contributed by atoms with van der Waals surface area (Å²) in [5.74, 6) is -2.91. The van der Waals surface area contributed by atoms with Crippen LogP contribution in [-0.4, -0.2) is 93.1 Å². The summed E-state index contributed by atoms with van der Waals surface area (Å²) in [5, 5.41) is 28.8. The second-order valence-electron chi connectivity index (χ2n) is 16.3. The lowest BCUT2D eigenvalue weighted by Gasteiger charge is -2.36. The summed E-state index contributed by atoms with van der Waals surface area (Å²) in [6.07, 6.45) is 5.19. The summed E-state index contributed by atoms with van der Waals surface area (Å²) in [5.41, 5.74) is 0.843. The van der Waals surface area contributed by atoms with Crippen LogP contribution in [0.2, 0.25) is 0 Å². The molecule has 0 saturated carbocycles. The van der Waals surface area contributed by atoms with Crippen molar-refractivity contribution in [1.82, 2.24) is 25.6 Å². The first-order chi connectivity index (χ1) is 27.4. The Morgan fingerprint density at radius 2 is 1.74 bits per heavy atom. The Kier molecular flexibility index (Phi) is 18.8. The number of esters is 1. The van der Waals surface area contributed by atoms with Gasteiger partial charge >= 0.3 is 11.9 Å². The number of nitrogens with zero attached hydrogens (tertiary/aromatic N) is 3. The van der Waals surface area contributed by atoms with Crippen LogP contribution in [0.1, 0.15) is 140 Å². The molecular weight excluding hydrogens is 763 g/mol. The van der Waals surface area contributed by atoms with Gasteiger partial charge in [0.25, 0.3) is 11.8 Å². The van der Waals surface area contributed by atoms with Gasteiger partial charge in [0.1, 0.15) is 22.5 Å². The number of likely N-dealkylation sites (tertiary alicyclic amines) is 1. The van der Waals surface area contributed by atoms with E-state index < -0.39 is 47.4 Å². The van der Waals surface area contributed by atoms with Crippen molar-refractivity contribution >= 4 is 41.0 Å². The summed E-state index contributed by atoms with van der Waals surface area (Å²) in [4.78, 5) is 79.6. The number of aliphatic carboxylic acids is 1. The number of amides is 3. The van der Waals surface area contributed by atoms with E-state index in [1.165, 1.54) is 24.1 Å². The van der Waals surface area contributed by atoms with Crippen molar-refractivity contribution in [3.63, 3.8) is 0 Å². The van der Waals surface area contributed by atoms with E-state index in [1.807, 2.05) is 39.6 Å². The largest absolute Gasteiger partial charge is 0.508 e. The number of carbonyl (C=O) groups is 5. The van der Waals surface area contributed by atoms with E-state index in [0.29, 0.717) is 36.4 Å². The van der Waals surface area contributed by atoms with Crippen LogP contribution in [0.5, 0.6) is 5.75 Å². The minimum atomic E-state index is -1.16. The van der Waals surface area contributed by atoms with Crippen LogP contribution in [0.4, 0.5) is 0 Å².